The lowest BCUT2D eigenvalue weighted by Gasteiger charge is -2.24. The number of ether oxygens (including phenoxy) is 1. The van der Waals surface area contributed by atoms with Gasteiger partial charge in [0.25, 0.3) is 0 Å². The Kier molecular flexibility index (Phi) is 6.74. The highest BCUT2D eigenvalue weighted by Crippen LogP contribution is 2.32. The van der Waals surface area contributed by atoms with Gasteiger partial charge in [0.1, 0.15) is 5.76 Å². The minimum Gasteiger partial charge on any atom is -0.469 e. The lowest BCUT2D eigenvalue weighted by atomic mass is 9.84. The highest BCUT2D eigenvalue weighted by molar-refractivity contribution is 5.79. The molecule has 1 unspecified atom stereocenters. The fourth-order valence-corrected chi connectivity index (χ4v) is 2.64. The molecule has 3 N–H and O–H groups in total. The lowest BCUT2D eigenvalue weighted by Crippen LogP contribution is -2.39. The standard InChI is InChI=1S/C16H27N3O3/c1-2-17-15(18-8-5-14-4-3-10-22-14)19-12-16(6-9-20)7-11-21-13-16/h3-4,10,20H,2,5-9,11-13H2,1H3,(H2,17,18,19). The summed E-state index contributed by atoms with van der Waals surface area (Å²) in [5, 5.41) is 15.8. The molecule has 1 saturated heterocycles. The number of furan rings is 1. The molecule has 1 aromatic rings. The molecule has 2 rings (SSSR count). The molecule has 0 aliphatic carbocycles. The molecule has 6 nitrogen and oxygen atoms in total. The number of aliphatic hydroxyl groups excluding tert-OH is 1. The van der Waals surface area contributed by atoms with Gasteiger partial charge in [-0.05, 0) is 31.9 Å². The Morgan fingerprint density at radius 3 is 3.00 bits per heavy atom. The Morgan fingerprint density at radius 1 is 1.45 bits per heavy atom. The monoisotopic (exact) mass is 309 g/mol. The molecule has 1 aliphatic rings. The topological polar surface area (TPSA) is 79.0 Å². The van der Waals surface area contributed by atoms with Crippen LogP contribution in [0.5, 0.6) is 0 Å². The molecule has 1 aromatic heterocycles. The highest BCUT2D eigenvalue weighted by atomic mass is 16.5. The van der Waals surface area contributed by atoms with E-state index in [0.29, 0.717) is 13.2 Å². The van der Waals surface area contributed by atoms with Gasteiger partial charge in [-0.15, -0.1) is 0 Å². The highest BCUT2D eigenvalue weighted by Gasteiger charge is 2.34. The first-order chi connectivity index (χ1) is 10.8. The second kappa shape index (κ2) is 8.80. The lowest BCUT2D eigenvalue weighted by molar-refractivity contribution is 0.131. The largest absolute Gasteiger partial charge is 0.469 e. The van der Waals surface area contributed by atoms with Gasteiger partial charge in [-0.3, -0.25) is 4.99 Å². The van der Waals surface area contributed by atoms with E-state index in [1.165, 1.54) is 0 Å². The van der Waals surface area contributed by atoms with Crippen LogP contribution in [0, 0.1) is 5.41 Å². The summed E-state index contributed by atoms with van der Waals surface area (Å²) < 4.78 is 10.8. The molecule has 2 heterocycles. The first kappa shape index (κ1) is 16.8. The fraction of sp³-hybridized carbons (Fsp3) is 0.688. The molecule has 0 radical (unpaired) electrons. The number of rotatable bonds is 8. The third-order valence-electron chi connectivity index (χ3n) is 3.99. The summed E-state index contributed by atoms with van der Waals surface area (Å²) in [4.78, 5) is 4.68. The summed E-state index contributed by atoms with van der Waals surface area (Å²) >= 11 is 0. The van der Waals surface area contributed by atoms with Crippen LogP contribution in [-0.2, 0) is 11.2 Å². The van der Waals surface area contributed by atoms with Crippen LogP contribution in [0.3, 0.4) is 0 Å². The minimum absolute atomic E-state index is 0.0158. The van der Waals surface area contributed by atoms with E-state index in [0.717, 1.165) is 50.7 Å². The molecule has 1 fully saturated rings. The third-order valence-corrected chi connectivity index (χ3v) is 3.99. The van der Waals surface area contributed by atoms with E-state index >= 15 is 0 Å². The number of aliphatic hydroxyl groups is 1. The Balaban J connectivity index is 1.85. The summed E-state index contributed by atoms with van der Waals surface area (Å²) in [6.07, 6.45) is 4.21. The van der Waals surface area contributed by atoms with Crippen molar-refractivity contribution in [3.05, 3.63) is 24.2 Å². The molecule has 0 aromatic carbocycles. The van der Waals surface area contributed by atoms with Crippen LogP contribution in [0.15, 0.2) is 27.8 Å². The van der Waals surface area contributed by atoms with Crippen LogP contribution < -0.4 is 10.6 Å². The summed E-state index contributed by atoms with van der Waals surface area (Å²) in [6.45, 7) is 5.93. The van der Waals surface area contributed by atoms with Gasteiger partial charge in [-0.1, -0.05) is 0 Å². The van der Waals surface area contributed by atoms with Crippen molar-refractivity contribution < 1.29 is 14.3 Å². The fourth-order valence-electron chi connectivity index (χ4n) is 2.64. The zero-order valence-corrected chi connectivity index (χ0v) is 13.3. The van der Waals surface area contributed by atoms with Crippen molar-refractivity contribution in [2.75, 3.05) is 39.5 Å². The maximum atomic E-state index is 9.26. The van der Waals surface area contributed by atoms with Crippen LogP contribution in [0.25, 0.3) is 0 Å². The van der Waals surface area contributed by atoms with Crippen molar-refractivity contribution in [2.24, 2.45) is 10.4 Å². The van der Waals surface area contributed by atoms with Crippen LogP contribution in [0.4, 0.5) is 0 Å². The van der Waals surface area contributed by atoms with E-state index in [2.05, 4.69) is 15.6 Å². The van der Waals surface area contributed by atoms with Gasteiger partial charge in [-0.25, -0.2) is 0 Å². The summed E-state index contributed by atoms with van der Waals surface area (Å²) in [5.41, 5.74) is -0.0158. The molecule has 0 bridgehead atoms. The number of hydrogen-bond donors (Lipinski definition) is 3. The van der Waals surface area contributed by atoms with E-state index in [-0.39, 0.29) is 12.0 Å². The molecule has 6 heteroatoms. The van der Waals surface area contributed by atoms with Crippen LogP contribution in [-0.4, -0.2) is 50.5 Å². The quantitative estimate of drug-likeness (QED) is 0.496. The van der Waals surface area contributed by atoms with Gasteiger partial charge in [0.05, 0.1) is 19.4 Å². The number of hydrogen-bond acceptors (Lipinski definition) is 4. The number of nitrogens with zero attached hydrogens (tertiary/aromatic N) is 1. The predicted molar refractivity (Wildman–Crippen MR) is 86.0 cm³/mol. The maximum absolute atomic E-state index is 9.26. The molecular formula is C16H27N3O3. The van der Waals surface area contributed by atoms with Crippen molar-refractivity contribution in [1.29, 1.82) is 0 Å². The van der Waals surface area contributed by atoms with E-state index in [1.54, 1.807) is 6.26 Å². The number of aliphatic imine (C=N–C) groups is 1. The molecular weight excluding hydrogens is 282 g/mol. The van der Waals surface area contributed by atoms with E-state index in [9.17, 15) is 5.11 Å². The van der Waals surface area contributed by atoms with E-state index < -0.39 is 0 Å². The van der Waals surface area contributed by atoms with Crippen LogP contribution in [0.1, 0.15) is 25.5 Å². The summed E-state index contributed by atoms with van der Waals surface area (Å²) in [6, 6.07) is 3.87. The Morgan fingerprint density at radius 2 is 2.36 bits per heavy atom. The van der Waals surface area contributed by atoms with Crippen molar-refractivity contribution in [2.45, 2.75) is 26.2 Å². The van der Waals surface area contributed by atoms with Crippen molar-refractivity contribution in [1.82, 2.24) is 10.6 Å². The Hall–Kier alpha value is -1.53. The van der Waals surface area contributed by atoms with Crippen molar-refractivity contribution >= 4 is 5.96 Å². The first-order valence-electron chi connectivity index (χ1n) is 8.01. The maximum Gasteiger partial charge on any atom is 0.191 e. The average molecular weight is 309 g/mol. The average Bonchev–Trinajstić information content (AvgIpc) is 3.17. The smallest absolute Gasteiger partial charge is 0.191 e. The van der Waals surface area contributed by atoms with E-state index in [1.807, 2.05) is 19.1 Å². The Bertz CT molecular complexity index is 439. The molecule has 1 aliphatic heterocycles. The van der Waals surface area contributed by atoms with Crippen molar-refractivity contribution in [3.63, 3.8) is 0 Å². The normalized spacial score (nSPS) is 22.0. The third kappa shape index (κ3) is 5.03. The molecule has 22 heavy (non-hydrogen) atoms. The minimum atomic E-state index is -0.0158. The summed E-state index contributed by atoms with van der Waals surface area (Å²) in [5.74, 6) is 1.77. The zero-order chi connectivity index (χ0) is 15.7. The molecule has 1 atom stereocenters. The second-order valence-corrected chi connectivity index (χ2v) is 5.73. The van der Waals surface area contributed by atoms with Gasteiger partial charge in [-0.2, -0.15) is 0 Å². The predicted octanol–water partition coefficient (Wildman–Crippen LogP) is 1.17. The number of nitrogens with one attached hydrogen (secondary N) is 2. The van der Waals surface area contributed by atoms with Gasteiger partial charge in [0, 0.05) is 38.1 Å². The van der Waals surface area contributed by atoms with E-state index in [4.69, 9.17) is 9.15 Å². The SMILES string of the molecule is CCNC(=NCC1(CCO)CCOC1)NCCc1ccco1. The van der Waals surface area contributed by atoms with Gasteiger partial charge in [0.15, 0.2) is 5.96 Å². The van der Waals surface area contributed by atoms with Crippen LogP contribution >= 0.6 is 0 Å². The van der Waals surface area contributed by atoms with Gasteiger partial charge >= 0.3 is 0 Å². The van der Waals surface area contributed by atoms with Crippen LogP contribution in [0.2, 0.25) is 0 Å². The molecule has 0 spiro atoms. The second-order valence-electron chi connectivity index (χ2n) is 5.73. The van der Waals surface area contributed by atoms with Gasteiger partial charge < -0.3 is 24.9 Å². The zero-order valence-electron chi connectivity index (χ0n) is 13.3. The number of guanidine groups is 1. The first-order valence-corrected chi connectivity index (χ1v) is 8.01. The summed E-state index contributed by atoms with van der Waals surface area (Å²) in [7, 11) is 0. The Labute approximate surface area is 132 Å². The molecule has 0 saturated carbocycles. The molecule has 0 amide bonds. The molecule has 124 valence electrons. The van der Waals surface area contributed by atoms with Crippen molar-refractivity contribution in [3.8, 4) is 0 Å². The van der Waals surface area contributed by atoms with Gasteiger partial charge in [0.2, 0.25) is 0 Å².